The van der Waals surface area contributed by atoms with Crippen molar-refractivity contribution in [1.82, 2.24) is 4.57 Å². The third-order valence-corrected chi connectivity index (χ3v) is 9.37. The van der Waals surface area contributed by atoms with Crippen LogP contribution in [0.4, 0.5) is 34.1 Å². The number of nitrogens with zero attached hydrogens (tertiary/aromatic N) is 3. The van der Waals surface area contributed by atoms with Crippen LogP contribution in [0, 0.1) is 0 Å². The molecule has 1 fully saturated rings. The van der Waals surface area contributed by atoms with E-state index in [1.165, 1.54) is 27.4 Å². The van der Waals surface area contributed by atoms with Crippen LogP contribution < -0.4 is 9.80 Å². The van der Waals surface area contributed by atoms with Gasteiger partial charge in [-0.25, -0.2) is 0 Å². The first-order valence-corrected chi connectivity index (χ1v) is 16.9. The third-order valence-electron chi connectivity index (χ3n) is 9.37. The van der Waals surface area contributed by atoms with Gasteiger partial charge in [0, 0.05) is 57.0 Å². The van der Waals surface area contributed by atoms with E-state index in [0.29, 0.717) is 6.10 Å². The van der Waals surface area contributed by atoms with E-state index in [1.54, 1.807) is 0 Å². The van der Waals surface area contributed by atoms with Crippen molar-refractivity contribution in [3.05, 3.63) is 188 Å². The average molecular weight is 634 g/mol. The quantitative estimate of drug-likeness (QED) is 0.148. The number of hydrogen-bond donors (Lipinski definition) is 0. The van der Waals surface area contributed by atoms with Gasteiger partial charge in [0.15, 0.2) is 0 Å². The molecule has 9 rings (SSSR count). The minimum Gasteiger partial charge on any atom is -0.373 e. The molecule has 236 valence electrons. The van der Waals surface area contributed by atoms with Crippen molar-refractivity contribution in [2.24, 2.45) is 0 Å². The van der Waals surface area contributed by atoms with E-state index in [-0.39, 0.29) is 0 Å². The van der Waals surface area contributed by atoms with Crippen molar-refractivity contribution in [3.8, 4) is 5.69 Å². The van der Waals surface area contributed by atoms with E-state index >= 15 is 0 Å². The monoisotopic (exact) mass is 633 g/mol. The lowest BCUT2D eigenvalue weighted by atomic mass is 10.1. The number of anilines is 6. The second-order valence-electron chi connectivity index (χ2n) is 12.6. The number of fused-ring (bicyclic) bond motifs is 3. The van der Waals surface area contributed by atoms with Gasteiger partial charge in [-0.3, -0.25) is 0 Å². The molecule has 4 heteroatoms. The molecule has 1 unspecified atom stereocenters. The normalized spacial score (nSPS) is 13.8. The molecule has 0 saturated carbocycles. The number of para-hydroxylation sites is 4. The van der Waals surface area contributed by atoms with E-state index in [2.05, 4.69) is 196 Å². The fraction of sp³-hybridized carbons (Fsp3) is 0.0667. The van der Waals surface area contributed by atoms with Crippen LogP contribution >= 0.6 is 0 Å². The highest BCUT2D eigenvalue weighted by molar-refractivity contribution is 6.12. The lowest BCUT2D eigenvalue weighted by Gasteiger charge is -2.26. The molecule has 2 heterocycles. The van der Waals surface area contributed by atoms with Crippen molar-refractivity contribution in [2.45, 2.75) is 12.5 Å². The van der Waals surface area contributed by atoms with Crippen molar-refractivity contribution in [2.75, 3.05) is 16.4 Å². The van der Waals surface area contributed by atoms with E-state index in [9.17, 15) is 0 Å². The molecule has 1 atom stereocenters. The topological polar surface area (TPSA) is 23.9 Å². The maximum atomic E-state index is 5.51. The second-order valence-corrected chi connectivity index (χ2v) is 12.6. The summed E-state index contributed by atoms with van der Waals surface area (Å²) in [6.07, 6.45) is 1.33. The summed E-state index contributed by atoms with van der Waals surface area (Å²) < 4.78 is 7.91. The maximum Gasteiger partial charge on any atom is 0.0850 e. The minimum atomic E-state index is 0.366. The van der Waals surface area contributed by atoms with Gasteiger partial charge in [0.25, 0.3) is 0 Å². The number of aromatic nitrogens is 1. The molecule has 0 bridgehead atoms. The van der Waals surface area contributed by atoms with Gasteiger partial charge < -0.3 is 19.1 Å². The molecule has 0 amide bonds. The zero-order valence-electron chi connectivity index (χ0n) is 27.1. The Bertz CT molecular complexity index is 2130. The summed E-state index contributed by atoms with van der Waals surface area (Å²) in [6, 6.07) is 65.2. The maximum absolute atomic E-state index is 5.51. The Hall–Kier alpha value is -6.10. The van der Waals surface area contributed by atoms with E-state index < -0.39 is 0 Å². The molecule has 1 aromatic heterocycles. The SMILES string of the molecule is c1ccc(N(c2ccccc2)c2ccc3c(c2)c2cc(N(c4ccccc4)c4ccccc4)ccc2n3-c2ccc(CC3CO3)cc2)cc1. The van der Waals surface area contributed by atoms with Crippen LogP contribution in [0.25, 0.3) is 27.5 Å². The Balaban J connectivity index is 1.27. The van der Waals surface area contributed by atoms with Gasteiger partial charge in [0.05, 0.1) is 23.7 Å². The van der Waals surface area contributed by atoms with E-state index in [0.717, 1.165) is 52.8 Å². The Morgan fingerprint density at radius 2 is 0.837 bits per heavy atom. The molecule has 0 aliphatic carbocycles. The van der Waals surface area contributed by atoms with Crippen molar-refractivity contribution >= 4 is 55.9 Å². The fourth-order valence-electron chi connectivity index (χ4n) is 6.99. The molecule has 0 radical (unpaired) electrons. The Morgan fingerprint density at radius 3 is 1.20 bits per heavy atom. The summed E-state index contributed by atoms with van der Waals surface area (Å²) in [6.45, 7) is 0.866. The summed E-state index contributed by atoms with van der Waals surface area (Å²) in [7, 11) is 0. The first kappa shape index (κ1) is 29.1. The van der Waals surface area contributed by atoms with Gasteiger partial charge in [0.1, 0.15) is 0 Å². The minimum absolute atomic E-state index is 0.366. The molecule has 0 spiro atoms. The predicted octanol–water partition coefficient (Wildman–Crippen LogP) is 11.7. The molecule has 4 nitrogen and oxygen atoms in total. The lowest BCUT2D eigenvalue weighted by molar-refractivity contribution is 0.407. The standard InChI is InChI=1S/C45H35N3O/c1-5-13-34(14-6-1)46(35-15-7-2-8-16-35)39-25-27-44-42(30-39)43-31-40(47(36-17-9-3-10-18-36)37-19-11-4-12-20-37)26-28-45(43)48(44)38-23-21-33(22-24-38)29-41-32-49-41/h1-28,30-31,41H,29,32H2. The number of epoxide rings is 1. The summed E-state index contributed by atoms with van der Waals surface area (Å²) in [5.74, 6) is 0. The van der Waals surface area contributed by atoms with Crippen LogP contribution in [0.15, 0.2) is 182 Å². The molecular weight excluding hydrogens is 599 g/mol. The summed E-state index contributed by atoms with van der Waals surface area (Å²) in [4.78, 5) is 4.67. The fourth-order valence-corrected chi connectivity index (χ4v) is 6.99. The molecule has 1 saturated heterocycles. The zero-order chi connectivity index (χ0) is 32.6. The molecule has 0 N–H and O–H groups in total. The smallest absolute Gasteiger partial charge is 0.0850 e. The van der Waals surface area contributed by atoms with Gasteiger partial charge in [-0.05, 0) is 103 Å². The summed E-state index contributed by atoms with van der Waals surface area (Å²) in [5.41, 5.74) is 11.5. The highest BCUT2D eigenvalue weighted by atomic mass is 16.6. The van der Waals surface area contributed by atoms with Gasteiger partial charge in [0.2, 0.25) is 0 Å². The Labute approximate surface area is 286 Å². The second kappa shape index (κ2) is 12.5. The van der Waals surface area contributed by atoms with Crippen molar-refractivity contribution < 1.29 is 4.74 Å². The van der Waals surface area contributed by atoms with Gasteiger partial charge in [-0.15, -0.1) is 0 Å². The molecule has 7 aromatic carbocycles. The van der Waals surface area contributed by atoms with Crippen LogP contribution in [-0.2, 0) is 11.2 Å². The molecule has 49 heavy (non-hydrogen) atoms. The van der Waals surface area contributed by atoms with Crippen LogP contribution in [0.3, 0.4) is 0 Å². The number of benzene rings is 7. The highest BCUT2D eigenvalue weighted by Gasteiger charge is 2.23. The van der Waals surface area contributed by atoms with E-state index in [4.69, 9.17) is 4.74 Å². The van der Waals surface area contributed by atoms with Crippen molar-refractivity contribution in [1.29, 1.82) is 0 Å². The third kappa shape index (κ3) is 5.62. The zero-order valence-corrected chi connectivity index (χ0v) is 27.1. The first-order valence-electron chi connectivity index (χ1n) is 16.9. The lowest BCUT2D eigenvalue weighted by Crippen LogP contribution is -2.09. The number of rotatable bonds is 9. The van der Waals surface area contributed by atoms with Crippen molar-refractivity contribution in [3.63, 3.8) is 0 Å². The van der Waals surface area contributed by atoms with Crippen LogP contribution in [0.5, 0.6) is 0 Å². The van der Waals surface area contributed by atoms with Crippen LogP contribution in [0.2, 0.25) is 0 Å². The Kier molecular flexibility index (Phi) is 7.41. The van der Waals surface area contributed by atoms with E-state index in [1.807, 2.05) is 0 Å². The molecule has 1 aliphatic rings. The number of hydrogen-bond acceptors (Lipinski definition) is 3. The molecule has 1 aliphatic heterocycles. The predicted molar refractivity (Wildman–Crippen MR) is 204 cm³/mol. The largest absolute Gasteiger partial charge is 0.373 e. The Morgan fingerprint density at radius 1 is 0.449 bits per heavy atom. The number of ether oxygens (including phenoxy) is 1. The molecular formula is C45H35N3O. The highest BCUT2D eigenvalue weighted by Crippen LogP contribution is 2.42. The van der Waals surface area contributed by atoms with Gasteiger partial charge >= 0.3 is 0 Å². The molecule has 8 aromatic rings. The van der Waals surface area contributed by atoms with Gasteiger partial charge in [-0.2, -0.15) is 0 Å². The average Bonchev–Trinajstić information content (AvgIpc) is 3.93. The summed E-state index contributed by atoms with van der Waals surface area (Å²) in [5, 5.41) is 2.39. The first-order chi connectivity index (χ1) is 24.3. The van der Waals surface area contributed by atoms with Crippen LogP contribution in [0.1, 0.15) is 5.56 Å². The van der Waals surface area contributed by atoms with Crippen LogP contribution in [-0.4, -0.2) is 17.3 Å². The van der Waals surface area contributed by atoms with Gasteiger partial charge in [-0.1, -0.05) is 84.9 Å². The summed E-state index contributed by atoms with van der Waals surface area (Å²) >= 11 is 0.